The molecule has 1 rings (SSSR count). The van der Waals surface area contributed by atoms with Crippen LogP contribution in [0, 0.1) is 0 Å². The van der Waals surface area contributed by atoms with Crippen molar-refractivity contribution in [2.45, 2.75) is 39.7 Å². The number of nitrogens with zero attached hydrogens (tertiary/aromatic N) is 1. The van der Waals surface area contributed by atoms with Crippen LogP contribution >= 0.6 is 11.6 Å². The topological polar surface area (TPSA) is 58.6 Å². The maximum Gasteiger partial charge on any atom is 0.223 e. The lowest BCUT2D eigenvalue weighted by molar-refractivity contribution is -0.121. The Labute approximate surface area is 136 Å². The Morgan fingerprint density at radius 2 is 2.09 bits per heavy atom. The molecule has 122 valence electrons. The third-order valence-electron chi connectivity index (χ3n) is 3.39. The first-order valence-electron chi connectivity index (χ1n) is 7.30. The first kappa shape index (κ1) is 18.3. The fraction of sp³-hybridized carbons (Fsp3) is 0.500. The molecular weight excluding hydrogens is 304 g/mol. The smallest absolute Gasteiger partial charge is 0.223 e. The molecule has 0 radical (unpaired) electrons. The molecule has 0 aromatic heterocycles. The van der Waals surface area contributed by atoms with Crippen LogP contribution in [0.4, 0.5) is 5.69 Å². The van der Waals surface area contributed by atoms with E-state index in [1.807, 2.05) is 13.8 Å². The molecule has 6 heteroatoms. The lowest BCUT2D eigenvalue weighted by atomic mass is 10.2. The molecule has 1 aromatic carbocycles. The molecule has 0 bridgehead atoms. The maximum absolute atomic E-state index is 11.9. The van der Waals surface area contributed by atoms with Gasteiger partial charge in [0.15, 0.2) is 0 Å². The van der Waals surface area contributed by atoms with E-state index in [-0.39, 0.29) is 30.8 Å². The highest BCUT2D eigenvalue weighted by Crippen LogP contribution is 2.31. The van der Waals surface area contributed by atoms with Gasteiger partial charge in [0.1, 0.15) is 5.75 Å². The van der Waals surface area contributed by atoms with Crippen LogP contribution in [0.15, 0.2) is 18.2 Å². The van der Waals surface area contributed by atoms with Crippen LogP contribution in [-0.2, 0) is 9.59 Å². The van der Waals surface area contributed by atoms with E-state index < -0.39 is 0 Å². The largest absolute Gasteiger partial charge is 0.495 e. The average molecular weight is 327 g/mol. The van der Waals surface area contributed by atoms with Crippen molar-refractivity contribution in [1.82, 2.24) is 5.32 Å². The van der Waals surface area contributed by atoms with Crippen LogP contribution < -0.4 is 15.0 Å². The molecule has 1 unspecified atom stereocenters. The van der Waals surface area contributed by atoms with Gasteiger partial charge in [0.05, 0.1) is 12.8 Å². The van der Waals surface area contributed by atoms with E-state index in [2.05, 4.69) is 5.32 Å². The number of ether oxygens (including phenoxy) is 1. The number of halogens is 1. The number of nitrogens with one attached hydrogen (secondary N) is 1. The lowest BCUT2D eigenvalue weighted by Crippen LogP contribution is -2.37. The van der Waals surface area contributed by atoms with E-state index in [4.69, 9.17) is 16.3 Å². The molecule has 0 aliphatic rings. The van der Waals surface area contributed by atoms with Gasteiger partial charge in [-0.25, -0.2) is 0 Å². The summed E-state index contributed by atoms with van der Waals surface area (Å²) in [5, 5.41) is 3.39. The van der Waals surface area contributed by atoms with Crippen molar-refractivity contribution in [3.05, 3.63) is 23.2 Å². The summed E-state index contributed by atoms with van der Waals surface area (Å²) in [6, 6.07) is 5.18. The Hall–Kier alpha value is -1.75. The number of anilines is 1. The average Bonchev–Trinajstić information content (AvgIpc) is 2.47. The Morgan fingerprint density at radius 3 is 2.64 bits per heavy atom. The quantitative estimate of drug-likeness (QED) is 0.838. The highest BCUT2D eigenvalue weighted by Gasteiger charge is 2.18. The van der Waals surface area contributed by atoms with E-state index in [0.717, 1.165) is 6.42 Å². The van der Waals surface area contributed by atoms with Gasteiger partial charge >= 0.3 is 0 Å². The number of carbonyl (C=O) groups is 2. The standard InChI is InChI=1S/C16H23ClN2O3/c1-5-11(2)18-16(21)8-9-19(12(3)20)14-10-13(17)6-7-15(14)22-4/h6-7,10-11H,5,8-9H2,1-4H3,(H,18,21). The molecule has 1 N–H and O–H groups in total. The Bertz CT molecular complexity index is 534. The molecule has 0 heterocycles. The minimum absolute atomic E-state index is 0.0819. The minimum Gasteiger partial charge on any atom is -0.495 e. The van der Waals surface area contributed by atoms with Gasteiger partial charge in [-0.3, -0.25) is 9.59 Å². The molecule has 0 spiro atoms. The predicted octanol–water partition coefficient (Wildman–Crippen LogP) is 3.01. The van der Waals surface area contributed by atoms with Crippen LogP contribution in [0.2, 0.25) is 5.02 Å². The maximum atomic E-state index is 11.9. The predicted molar refractivity (Wildman–Crippen MR) is 88.5 cm³/mol. The van der Waals surface area contributed by atoms with Crippen LogP contribution in [0.1, 0.15) is 33.6 Å². The van der Waals surface area contributed by atoms with E-state index >= 15 is 0 Å². The second kappa shape index (κ2) is 8.63. The normalized spacial score (nSPS) is 11.7. The van der Waals surface area contributed by atoms with Gasteiger partial charge in [-0.2, -0.15) is 0 Å². The van der Waals surface area contributed by atoms with Crippen molar-refractivity contribution >= 4 is 29.1 Å². The summed E-state index contributed by atoms with van der Waals surface area (Å²) in [7, 11) is 1.53. The number of hydrogen-bond donors (Lipinski definition) is 1. The SMILES string of the molecule is CCC(C)NC(=O)CCN(C(C)=O)c1cc(Cl)ccc1OC. The number of carbonyl (C=O) groups excluding carboxylic acids is 2. The summed E-state index contributed by atoms with van der Waals surface area (Å²) >= 11 is 6.00. The number of benzene rings is 1. The van der Waals surface area contributed by atoms with Crippen molar-refractivity contribution in [1.29, 1.82) is 0 Å². The van der Waals surface area contributed by atoms with Crippen molar-refractivity contribution in [3.8, 4) is 5.75 Å². The van der Waals surface area contributed by atoms with Gasteiger partial charge in [-0.1, -0.05) is 18.5 Å². The van der Waals surface area contributed by atoms with Gasteiger partial charge in [0.2, 0.25) is 11.8 Å². The Balaban J connectivity index is 2.85. The third-order valence-corrected chi connectivity index (χ3v) is 3.63. The molecule has 0 aliphatic heterocycles. The van der Waals surface area contributed by atoms with Crippen LogP contribution in [0.5, 0.6) is 5.75 Å². The molecule has 2 amide bonds. The highest BCUT2D eigenvalue weighted by atomic mass is 35.5. The molecule has 1 aromatic rings. The van der Waals surface area contributed by atoms with E-state index in [1.165, 1.54) is 18.9 Å². The molecule has 22 heavy (non-hydrogen) atoms. The van der Waals surface area contributed by atoms with Crippen LogP contribution in [-0.4, -0.2) is 31.5 Å². The summed E-state index contributed by atoms with van der Waals surface area (Å²) in [5.41, 5.74) is 0.568. The van der Waals surface area contributed by atoms with E-state index in [0.29, 0.717) is 16.5 Å². The fourth-order valence-corrected chi connectivity index (χ4v) is 2.15. The van der Waals surface area contributed by atoms with Gasteiger partial charge in [-0.05, 0) is 31.5 Å². The summed E-state index contributed by atoms with van der Waals surface area (Å²) in [4.78, 5) is 25.3. The summed E-state index contributed by atoms with van der Waals surface area (Å²) in [6.07, 6.45) is 1.09. The van der Waals surface area contributed by atoms with Crippen LogP contribution in [0.25, 0.3) is 0 Å². The van der Waals surface area contributed by atoms with Crippen molar-refractivity contribution < 1.29 is 14.3 Å². The van der Waals surface area contributed by atoms with Gasteiger partial charge in [0, 0.05) is 31.0 Å². The van der Waals surface area contributed by atoms with Crippen molar-refractivity contribution in [3.63, 3.8) is 0 Å². The summed E-state index contributed by atoms with van der Waals surface area (Å²) in [6.45, 7) is 5.67. The second-order valence-corrected chi connectivity index (χ2v) is 5.55. The monoisotopic (exact) mass is 326 g/mol. The Kier molecular flexibility index (Phi) is 7.18. The molecule has 0 aliphatic carbocycles. The van der Waals surface area contributed by atoms with Crippen molar-refractivity contribution in [2.24, 2.45) is 0 Å². The molecule has 0 saturated heterocycles. The van der Waals surface area contributed by atoms with Gasteiger partial charge in [-0.15, -0.1) is 0 Å². The number of hydrogen-bond acceptors (Lipinski definition) is 3. The number of amides is 2. The van der Waals surface area contributed by atoms with E-state index in [1.54, 1.807) is 18.2 Å². The van der Waals surface area contributed by atoms with Gasteiger partial charge < -0.3 is 15.0 Å². The first-order chi connectivity index (χ1) is 10.4. The molecule has 0 fully saturated rings. The Morgan fingerprint density at radius 1 is 1.41 bits per heavy atom. The summed E-state index contributed by atoms with van der Waals surface area (Å²) in [5.74, 6) is 0.292. The molecule has 0 saturated carbocycles. The minimum atomic E-state index is -0.170. The molecular formula is C16H23ClN2O3. The number of rotatable bonds is 7. The fourth-order valence-electron chi connectivity index (χ4n) is 1.98. The zero-order valence-electron chi connectivity index (χ0n) is 13.5. The summed E-state index contributed by atoms with van der Waals surface area (Å²) < 4.78 is 5.27. The van der Waals surface area contributed by atoms with Gasteiger partial charge in [0.25, 0.3) is 0 Å². The van der Waals surface area contributed by atoms with Crippen LogP contribution in [0.3, 0.4) is 0 Å². The first-order valence-corrected chi connectivity index (χ1v) is 7.67. The van der Waals surface area contributed by atoms with E-state index in [9.17, 15) is 9.59 Å². The highest BCUT2D eigenvalue weighted by molar-refractivity contribution is 6.31. The molecule has 1 atom stereocenters. The lowest BCUT2D eigenvalue weighted by Gasteiger charge is -2.23. The molecule has 5 nitrogen and oxygen atoms in total. The third kappa shape index (κ3) is 5.22. The zero-order chi connectivity index (χ0) is 16.7. The zero-order valence-corrected chi connectivity index (χ0v) is 14.2. The number of methoxy groups -OCH3 is 1. The van der Waals surface area contributed by atoms with Crippen molar-refractivity contribution in [2.75, 3.05) is 18.6 Å². The second-order valence-electron chi connectivity index (χ2n) is 5.11.